The summed E-state index contributed by atoms with van der Waals surface area (Å²) in [6, 6.07) is 62.5. The van der Waals surface area contributed by atoms with Crippen LogP contribution < -0.4 is 0 Å². The minimum atomic E-state index is -0.509. The lowest BCUT2D eigenvalue weighted by molar-refractivity contribution is 1.07. The standard InChI is InChI=1S/C61H39N3/c1-3-12-40(13-4-1)46-27-28-49-34-51(30-29-48(49)33-46)54-37-55(58-21-11-19-43-15-9-10-20-57(43)58)39-56(38-54)61-63-59(44-16-5-2-6-17-44)62-60(64-61)52-31-24-42-23-26-50(35-53(42)36-52)47-25-22-41-14-7-8-18-45(41)32-47/h1-39H/i9D,10D,11D,15D,19D,20D,21D. The van der Waals surface area contributed by atoms with Crippen molar-refractivity contribution in [3.05, 3.63) is 236 Å². The van der Waals surface area contributed by atoms with Gasteiger partial charge in [-0.15, -0.1) is 0 Å². The SMILES string of the molecule is [2H]c1c([2H])c([2H])c2c(-c3cc(-c4ccc5cc(-c6ccccc6)ccc5c4)cc(-c4nc(-c5ccccc5)nc(-c5ccc6ccc(-c7ccc8ccccc8c7)cc6c5)n4)c3)c([2H])c([2H])c([2H])c2c1[2H]. The molecule has 11 aromatic carbocycles. The fraction of sp³-hybridized carbons (Fsp3) is 0. The van der Waals surface area contributed by atoms with Crippen molar-refractivity contribution in [1.82, 2.24) is 15.0 Å². The molecule has 0 saturated heterocycles. The van der Waals surface area contributed by atoms with Crippen molar-refractivity contribution in [2.24, 2.45) is 0 Å². The first-order valence-corrected chi connectivity index (χ1v) is 21.2. The highest BCUT2D eigenvalue weighted by Crippen LogP contribution is 2.38. The number of aromatic nitrogens is 3. The van der Waals surface area contributed by atoms with Crippen LogP contribution in [0.15, 0.2) is 236 Å². The van der Waals surface area contributed by atoms with Gasteiger partial charge in [-0.3, -0.25) is 0 Å². The topological polar surface area (TPSA) is 38.7 Å². The normalized spacial score (nSPS) is 13.0. The molecule has 0 aliphatic heterocycles. The fourth-order valence-electron chi connectivity index (χ4n) is 8.62. The quantitative estimate of drug-likeness (QED) is 0.161. The fourth-order valence-corrected chi connectivity index (χ4v) is 8.62. The van der Waals surface area contributed by atoms with Crippen LogP contribution in [0.2, 0.25) is 0 Å². The molecule has 1 aromatic heterocycles. The molecule has 0 saturated carbocycles. The van der Waals surface area contributed by atoms with Gasteiger partial charge in [-0.1, -0.05) is 188 Å². The molecule has 0 radical (unpaired) electrons. The van der Waals surface area contributed by atoms with Crippen molar-refractivity contribution in [1.29, 1.82) is 0 Å². The van der Waals surface area contributed by atoms with E-state index in [1.807, 2.05) is 78.9 Å². The molecule has 0 aliphatic carbocycles. The van der Waals surface area contributed by atoms with E-state index in [0.29, 0.717) is 28.6 Å². The van der Waals surface area contributed by atoms with Crippen LogP contribution in [0.25, 0.3) is 122 Å². The lowest BCUT2D eigenvalue weighted by Crippen LogP contribution is -2.00. The van der Waals surface area contributed by atoms with Crippen LogP contribution in [0.1, 0.15) is 9.60 Å². The van der Waals surface area contributed by atoms with Crippen molar-refractivity contribution >= 4 is 43.1 Å². The Morgan fingerprint density at radius 3 is 1.39 bits per heavy atom. The van der Waals surface area contributed by atoms with Crippen molar-refractivity contribution in [2.45, 2.75) is 0 Å². The summed E-state index contributed by atoms with van der Waals surface area (Å²) in [6.45, 7) is 0. The van der Waals surface area contributed by atoms with E-state index in [-0.39, 0.29) is 22.4 Å². The molecule has 12 aromatic rings. The lowest BCUT2D eigenvalue weighted by Gasteiger charge is -2.14. The molecule has 12 rings (SSSR count). The van der Waals surface area contributed by atoms with E-state index < -0.39 is 36.3 Å². The zero-order chi connectivity index (χ0) is 48.5. The lowest BCUT2D eigenvalue weighted by atomic mass is 9.92. The maximum Gasteiger partial charge on any atom is 0.164 e. The van der Waals surface area contributed by atoms with Gasteiger partial charge in [0.1, 0.15) is 0 Å². The van der Waals surface area contributed by atoms with E-state index in [4.69, 9.17) is 23.2 Å². The average Bonchev–Trinajstić information content (AvgIpc) is 3.42. The molecule has 0 bridgehead atoms. The maximum atomic E-state index is 9.36. The van der Waals surface area contributed by atoms with Crippen LogP contribution in [0.3, 0.4) is 0 Å². The zero-order valence-electron chi connectivity index (χ0n) is 41.3. The third-order valence-electron chi connectivity index (χ3n) is 11.9. The van der Waals surface area contributed by atoms with Gasteiger partial charge in [0.2, 0.25) is 0 Å². The smallest absolute Gasteiger partial charge is 0.164 e. The van der Waals surface area contributed by atoms with Gasteiger partial charge >= 0.3 is 0 Å². The minimum absolute atomic E-state index is 0.00224. The Bertz CT molecular complexity index is 4140. The summed E-state index contributed by atoms with van der Waals surface area (Å²) in [4.78, 5) is 15.4. The van der Waals surface area contributed by atoms with E-state index in [2.05, 4.69) is 109 Å². The molecule has 3 heteroatoms. The molecule has 64 heavy (non-hydrogen) atoms. The van der Waals surface area contributed by atoms with Crippen LogP contribution >= 0.6 is 0 Å². The van der Waals surface area contributed by atoms with Crippen molar-refractivity contribution < 1.29 is 9.60 Å². The van der Waals surface area contributed by atoms with Crippen LogP contribution in [-0.4, -0.2) is 15.0 Å². The maximum absolute atomic E-state index is 9.36. The molecule has 3 nitrogen and oxygen atoms in total. The second-order valence-electron chi connectivity index (χ2n) is 16.0. The predicted molar refractivity (Wildman–Crippen MR) is 268 cm³/mol. The van der Waals surface area contributed by atoms with Crippen LogP contribution in [-0.2, 0) is 0 Å². The largest absolute Gasteiger partial charge is 0.208 e. The summed E-state index contributed by atoms with van der Waals surface area (Å²) in [5, 5.41) is 6.34. The van der Waals surface area contributed by atoms with Crippen molar-refractivity contribution in [3.8, 4) is 78.7 Å². The van der Waals surface area contributed by atoms with Crippen molar-refractivity contribution in [3.63, 3.8) is 0 Å². The van der Waals surface area contributed by atoms with Crippen LogP contribution in [0, 0.1) is 0 Å². The van der Waals surface area contributed by atoms with Crippen molar-refractivity contribution in [2.75, 3.05) is 0 Å². The summed E-state index contributed by atoms with van der Waals surface area (Å²) < 4.78 is 62.3. The summed E-state index contributed by atoms with van der Waals surface area (Å²) in [6.07, 6.45) is 0. The number of nitrogens with zero attached hydrogens (tertiary/aromatic N) is 3. The third kappa shape index (κ3) is 7.05. The molecule has 298 valence electrons. The third-order valence-corrected chi connectivity index (χ3v) is 11.9. The average molecular weight is 821 g/mol. The Labute approximate surface area is 381 Å². The molecule has 0 fully saturated rings. The molecule has 0 spiro atoms. The molecule has 0 atom stereocenters. The summed E-state index contributed by atoms with van der Waals surface area (Å²) >= 11 is 0. The van der Waals surface area contributed by atoms with Gasteiger partial charge in [0.25, 0.3) is 0 Å². The Balaban J connectivity index is 1.07. The van der Waals surface area contributed by atoms with Crippen LogP contribution in [0.4, 0.5) is 0 Å². The molecule has 0 amide bonds. The van der Waals surface area contributed by atoms with Gasteiger partial charge in [0.05, 0.1) is 9.60 Å². The van der Waals surface area contributed by atoms with Gasteiger partial charge in [0.15, 0.2) is 17.5 Å². The van der Waals surface area contributed by atoms with Crippen LogP contribution in [0.5, 0.6) is 0 Å². The number of fused-ring (bicyclic) bond motifs is 4. The summed E-state index contributed by atoms with van der Waals surface area (Å²) in [7, 11) is 0. The van der Waals surface area contributed by atoms with E-state index in [1.165, 1.54) is 10.8 Å². The molecule has 0 N–H and O–H groups in total. The van der Waals surface area contributed by atoms with E-state index in [0.717, 1.165) is 66.1 Å². The van der Waals surface area contributed by atoms with E-state index >= 15 is 0 Å². The zero-order valence-corrected chi connectivity index (χ0v) is 34.3. The number of rotatable bonds is 7. The molecule has 0 unspecified atom stereocenters. The summed E-state index contributed by atoms with van der Waals surface area (Å²) in [5.41, 5.74) is 8.56. The predicted octanol–water partition coefficient (Wildman–Crippen LogP) is 16.2. The highest BCUT2D eigenvalue weighted by molar-refractivity contribution is 5.99. The van der Waals surface area contributed by atoms with E-state index in [9.17, 15) is 1.37 Å². The monoisotopic (exact) mass is 820 g/mol. The number of hydrogen-bond donors (Lipinski definition) is 0. The molecule has 0 aliphatic rings. The van der Waals surface area contributed by atoms with E-state index in [1.54, 1.807) is 6.07 Å². The highest BCUT2D eigenvalue weighted by Gasteiger charge is 2.17. The number of hydrogen-bond acceptors (Lipinski definition) is 3. The van der Waals surface area contributed by atoms with Gasteiger partial charge < -0.3 is 0 Å². The molecule has 1 heterocycles. The Morgan fingerprint density at radius 1 is 0.250 bits per heavy atom. The Morgan fingerprint density at radius 2 is 0.688 bits per heavy atom. The first-order chi connectivity index (χ1) is 34.6. The van der Waals surface area contributed by atoms with Gasteiger partial charge in [-0.2, -0.15) is 0 Å². The van der Waals surface area contributed by atoms with Gasteiger partial charge in [0, 0.05) is 16.7 Å². The highest BCUT2D eigenvalue weighted by atomic mass is 15.0. The minimum Gasteiger partial charge on any atom is -0.208 e. The summed E-state index contributed by atoms with van der Waals surface area (Å²) in [5.74, 6) is 1.21. The van der Waals surface area contributed by atoms with Gasteiger partial charge in [-0.25, -0.2) is 15.0 Å². The Kier molecular flexibility index (Phi) is 7.50. The first kappa shape index (κ1) is 30.5. The Hall–Kier alpha value is -8.53. The number of benzene rings is 11. The molecular formula is C61H39N3. The first-order valence-electron chi connectivity index (χ1n) is 24.7. The second kappa shape index (κ2) is 15.7. The molecular weight excluding hydrogens is 775 g/mol. The second-order valence-corrected chi connectivity index (χ2v) is 16.0. The van der Waals surface area contributed by atoms with Gasteiger partial charge in [-0.05, 0) is 136 Å².